The molecule has 0 amide bonds. The van der Waals surface area contributed by atoms with Gasteiger partial charge in [-0.15, -0.1) is 0 Å². The van der Waals surface area contributed by atoms with Gasteiger partial charge in [0.1, 0.15) is 0 Å². The molecule has 2 aromatic rings. The smallest absolute Gasteiger partial charge is 0.228 e. The molecule has 1 fully saturated rings. The van der Waals surface area contributed by atoms with Gasteiger partial charge in [-0.25, -0.2) is 0 Å². The van der Waals surface area contributed by atoms with Crippen LogP contribution in [0.5, 0.6) is 0 Å². The standard InChI is InChI=1S/C14H16BrN3O/c1-9-7-10(15)3-4-11(9)13-17-12(19-18-13)8-14(16)5-2-6-14/h3-4,7H,2,5-6,8,16H2,1H3. The third-order valence-corrected chi connectivity index (χ3v) is 4.24. The van der Waals surface area contributed by atoms with Gasteiger partial charge in [0.25, 0.3) is 0 Å². The first-order chi connectivity index (χ1) is 9.06. The van der Waals surface area contributed by atoms with E-state index in [1.165, 1.54) is 6.42 Å². The molecular weight excluding hydrogens is 306 g/mol. The molecule has 2 N–H and O–H groups in total. The summed E-state index contributed by atoms with van der Waals surface area (Å²) in [6, 6.07) is 6.02. The van der Waals surface area contributed by atoms with Gasteiger partial charge in [0.05, 0.1) is 0 Å². The topological polar surface area (TPSA) is 64.9 Å². The number of hydrogen-bond donors (Lipinski definition) is 1. The van der Waals surface area contributed by atoms with Gasteiger partial charge in [0, 0.05) is 22.0 Å². The van der Waals surface area contributed by atoms with Crippen molar-refractivity contribution in [3.05, 3.63) is 34.1 Å². The molecule has 100 valence electrons. The monoisotopic (exact) mass is 321 g/mol. The van der Waals surface area contributed by atoms with E-state index in [0.29, 0.717) is 18.1 Å². The maximum atomic E-state index is 6.20. The van der Waals surface area contributed by atoms with Crippen molar-refractivity contribution in [3.8, 4) is 11.4 Å². The zero-order valence-corrected chi connectivity index (χ0v) is 12.4. The highest BCUT2D eigenvalue weighted by Crippen LogP contribution is 2.32. The lowest BCUT2D eigenvalue weighted by atomic mass is 9.75. The fourth-order valence-corrected chi connectivity index (χ4v) is 2.90. The second-order valence-corrected chi connectivity index (χ2v) is 6.28. The summed E-state index contributed by atoms with van der Waals surface area (Å²) in [7, 11) is 0. The molecule has 0 aliphatic heterocycles. The molecule has 0 spiro atoms. The van der Waals surface area contributed by atoms with Crippen LogP contribution in [0.25, 0.3) is 11.4 Å². The molecule has 0 radical (unpaired) electrons. The Morgan fingerprint density at radius 2 is 2.21 bits per heavy atom. The summed E-state index contributed by atoms with van der Waals surface area (Å²) >= 11 is 3.45. The van der Waals surface area contributed by atoms with E-state index in [-0.39, 0.29) is 5.54 Å². The molecule has 19 heavy (non-hydrogen) atoms. The maximum absolute atomic E-state index is 6.20. The molecule has 1 aromatic heterocycles. The van der Waals surface area contributed by atoms with E-state index >= 15 is 0 Å². The highest BCUT2D eigenvalue weighted by Gasteiger charge is 2.34. The summed E-state index contributed by atoms with van der Waals surface area (Å²) in [6.07, 6.45) is 3.96. The number of benzene rings is 1. The average molecular weight is 322 g/mol. The molecule has 1 aliphatic rings. The normalized spacial score (nSPS) is 17.2. The SMILES string of the molecule is Cc1cc(Br)ccc1-c1noc(CC2(N)CCC2)n1. The second kappa shape index (κ2) is 4.72. The van der Waals surface area contributed by atoms with Gasteiger partial charge in [0.15, 0.2) is 0 Å². The van der Waals surface area contributed by atoms with Gasteiger partial charge in [-0.1, -0.05) is 21.1 Å². The third kappa shape index (κ3) is 2.58. The predicted molar refractivity (Wildman–Crippen MR) is 76.6 cm³/mol. The summed E-state index contributed by atoms with van der Waals surface area (Å²) in [5, 5.41) is 4.06. The van der Waals surface area contributed by atoms with Crippen molar-refractivity contribution in [2.24, 2.45) is 5.73 Å². The van der Waals surface area contributed by atoms with Crippen LogP contribution in [0.2, 0.25) is 0 Å². The molecule has 3 rings (SSSR count). The molecule has 0 atom stereocenters. The van der Waals surface area contributed by atoms with E-state index in [0.717, 1.165) is 28.4 Å². The van der Waals surface area contributed by atoms with Crippen LogP contribution in [0.4, 0.5) is 0 Å². The van der Waals surface area contributed by atoms with Crippen molar-refractivity contribution in [1.82, 2.24) is 10.1 Å². The maximum Gasteiger partial charge on any atom is 0.228 e. The van der Waals surface area contributed by atoms with Gasteiger partial charge in [-0.3, -0.25) is 0 Å². The molecule has 1 aliphatic carbocycles. The Morgan fingerprint density at radius 3 is 2.84 bits per heavy atom. The minimum Gasteiger partial charge on any atom is -0.339 e. The van der Waals surface area contributed by atoms with Crippen LogP contribution in [0.15, 0.2) is 27.2 Å². The third-order valence-electron chi connectivity index (χ3n) is 3.75. The number of hydrogen-bond acceptors (Lipinski definition) is 4. The molecule has 4 nitrogen and oxygen atoms in total. The highest BCUT2D eigenvalue weighted by molar-refractivity contribution is 9.10. The summed E-state index contributed by atoms with van der Waals surface area (Å²) in [6.45, 7) is 2.03. The fraction of sp³-hybridized carbons (Fsp3) is 0.429. The number of rotatable bonds is 3. The van der Waals surface area contributed by atoms with Gasteiger partial charge in [-0.05, 0) is 49.9 Å². The van der Waals surface area contributed by atoms with Gasteiger partial charge >= 0.3 is 0 Å². The van der Waals surface area contributed by atoms with Crippen LogP contribution in [-0.4, -0.2) is 15.7 Å². The van der Waals surface area contributed by atoms with Crippen LogP contribution in [0, 0.1) is 6.92 Å². The lowest BCUT2D eigenvalue weighted by Gasteiger charge is -2.36. The Kier molecular flexibility index (Phi) is 3.19. The molecule has 5 heteroatoms. The largest absolute Gasteiger partial charge is 0.339 e. The van der Waals surface area contributed by atoms with Crippen molar-refractivity contribution in [3.63, 3.8) is 0 Å². The molecule has 0 unspecified atom stereocenters. The first-order valence-electron chi connectivity index (χ1n) is 6.44. The number of aryl methyl sites for hydroxylation is 1. The van der Waals surface area contributed by atoms with Crippen LogP contribution < -0.4 is 5.73 Å². The van der Waals surface area contributed by atoms with Crippen molar-refractivity contribution in [1.29, 1.82) is 0 Å². The Morgan fingerprint density at radius 1 is 1.42 bits per heavy atom. The number of nitrogens with two attached hydrogens (primary N) is 1. The molecule has 0 saturated heterocycles. The average Bonchev–Trinajstić information content (AvgIpc) is 2.75. The number of aromatic nitrogens is 2. The summed E-state index contributed by atoms with van der Waals surface area (Å²) < 4.78 is 6.37. The van der Waals surface area contributed by atoms with Crippen molar-refractivity contribution in [2.45, 2.75) is 38.1 Å². The Labute approximate surface area is 120 Å². The zero-order valence-electron chi connectivity index (χ0n) is 10.8. The van der Waals surface area contributed by atoms with Crippen molar-refractivity contribution < 1.29 is 4.52 Å². The predicted octanol–water partition coefficient (Wildman–Crippen LogP) is 3.23. The van der Waals surface area contributed by atoms with Crippen LogP contribution in [-0.2, 0) is 6.42 Å². The Balaban J connectivity index is 1.84. The number of nitrogens with zero attached hydrogens (tertiary/aromatic N) is 2. The minimum absolute atomic E-state index is 0.126. The van der Waals surface area contributed by atoms with Crippen LogP contribution >= 0.6 is 15.9 Å². The van der Waals surface area contributed by atoms with Crippen LogP contribution in [0.1, 0.15) is 30.7 Å². The number of halogens is 1. The fourth-order valence-electron chi connectivity index (χ4n) is 2.42. The Bertz CT molecular complexity index is 604. The summed E-state index contributed by atoms with van der Waals surface area (Å²) in [4.78, 5) is 4.46. The van der Waals surface area contributed by atoms with E-state index in [1.807, 2.05) is 25.1 Å². The zero-order chi connectivity index (χ0) is 13.5. The molecule has 1 saturated carbocycles. The van der Waals surface area contributed by atoms with Gasteiger partial charge in [0.2, 0.25) is 11.7 Å². The molecule has 1 aromatic carbocycles. The lowest BCUT2D eigenvalue weighted by Crippen LogP contribution is -2.48. The van der Waals surface area contributed by atoms with E-state index in [4.69, 9.17) is 10.3 Å². The van der Waals surface area contributed by atoms with E-state index in [2.05, 4.69) is 26.1 Å². The van der Waals surface area contributed by atoms with Crippen LogP contribution in [0.3, 0.4) is 0 Å². The van der Waals surface area contributed by atoms with Crippen molar-refractivity contribution >= 4 is 15.9 Å². The molecule has 0 bridgehead atoms. The highest BCUT2D eigenvalue weighted by atomic mass is 79.9. The molecule has 1 heterocycles. The van der Waals surface area contributed by atoms with Gasteiger partial charge < -0.3 is 10.3 Å². The van der Waals surface area contributed by atoms with Crippen molar-refractivity contribution in [2.75, 3.05) is 0 Å². The van der Waals surface area contributed by atoms with E-state index < -0.39 is 0 Å². The Hall–Kier alpha value is -1.20. The minimum atomic E-state index is -0.126. The van der Waals surface area contributed by atoms with E-state index in [1.54, 1.807) is 0 Å². The molecular formula is C14H16BrN3O. The first-order valence-corrected chi connectivity index (χ1v) is 7.23. The summed E-state index contributed by atoms with van der Waals surface area (Å²) in [5.41, 5.74) is 8.19. The first kappa shape index (κ1) is 12.8. The summed E-state index contributed by atoms with van der Waals surface area (Å²) in [5.74, 6) is 1.28. The second-order valence-electron chi connectivity index (χ2n) is 5.36. The van der Waals surface area contributed by atoms with E-state index in [9.17, 15) is 0 Å². The quantitative estimate of drug-likeness (QED) is 0.942. The van der Waals surface area contributed by atoms with Gasteiger partial charge in [-0.2, -0.15) is 4.98 Å². The lowest BCUT2D eigenvalue weighted by molar-refractivity contribution is 0.222.